The molecule has 0 aliphatic rings. The first kappa shape index (κ1) is 18.2. The van der Waals surface area contributed by atoms with Crippen molar-refractivity contribution in [3.05, 3.63) is 62.0 Å². The maximum atomic E-state index is 12.5. The van der Waals surface area contributed by atoms with Gasteiger partial charge in [-0.05, 0) is 37.1 Å². The predicted molar refractivity (Wildman–Crippen MR) is 92.5 cm³/mol. The molecule has 0 aliphatic heterocycles. The Kier molecular flexibility index (Phi) is 5.75. The highest BCUT2D eigenvalue weighted by molar-refractivity contribution is 6.30. The minimum atomic E-state index is -0.436. The number of amides is 1. The lowest BCUT2D eigenvalue weighted by Gasteiger charge is -2.17. The first-order valence-corrected chi connectivity index (χ1v) is 7.84. The zero-order valence-electron chi connectivity index (χ0n) is 14.1. The lowest BCUT2D eigenvalue weighted by Crippen LogP contribution is -2.37. The summed E-state index contributed by atoms with van der Waals surface area (Å²) in [5.41, 5.74) is 1.80. The number of carbonyl (C=O) groups is 1. The molecule has 0 unspecified atom stereocenters. The minimum absolute atomic E-state index is 0.107. The number of nitrogens with zero attached hydrogens (tertiary/aromatic N) is 2. The van der Waals surface area contributed by atoms with Gasteiger partial charge in [0.25, 0.3) is 11.5 Å². The minimum Gasteiger partial charge on any atom is -0.375 e. The smallest absolute Gasteiger partial charge is 0.279 e. The Morgan fingerprint density at radius 3 is 2.54 bits per heavy atom. The van der Waals surface area contributed by atoms with E-state index in [2.05, 4.69) is 10.4 Å². The maximum absolute atomic E-state index is 12.5. The summed E-state index contributed by atoms with van der Waals surface area (Å²) in [5, 5.41) is 7.46. The lowest BCUT2D eigenvalue weighted by molar-refractivity contribution is 0.0825. The third kappa shape index (κ3) is 3.83. The summed E-state index contributed by atoms with van der Waals surface area (Å²) in [7, 11) is 3.09. The van der Waals surface area contributed by atoms with Crippen LogP contribution in [0.4, 0.5) is 0 Å². The van der Waals surface area contributed by atoms with Gasteiger partial charge in [0.15, 0.2) is 0 Å². The largest absolute Gasteiger partial charge is 0.375 e. The van der Waals surface area contributed by atoms with Crippen molar-refractivity contribution in [3.63, 3.8) is 0 Å². The molecule has 0 saturated heterocycles. The number of hydrogen-bond acceptors (Lipinski definition) is 4. The SMILES string of the molecule is CO[C@H](CNC(=O)c1c(C)c(C)nn(C)c1=O)c1ccc(Cl)cc1. The second kappa shape index (κ2) is 7.59. The molecule has 1 aromatic heterocycles. The van der Waals surface area contributed by atoms with Crippen LogP contribution in [0, 0.1) is 13.8 Å². The van der Waals surface area contributed by atoms with Crippen molar-refractivity contribution in [2.24, 2.45) is 7.05 Å². The Morgan fingerprint density at radius 1 is 1.33 bits per heavy atom. The standard InChI is InChI=1S/C17H20ClN3O3/c1-10-11(2)20-21(3)17(23)15(10)16(22)19-9-14(24-4)12-5-7-13(18)8-6-12/h5-8,14H,9H2,1-4H3,(H,19,22)/t14-/m1/s1. The normalized spacial score (nSPS) is 12.0. The molecule has 2 rings (SSSR count). The van der Waals surface area contributed by atoms with Crippen LogP contribution in [0.15, 0.2) is 29.1 Å². The zero-order chi connectivity index (χ0) is 17.9. The van der Waals surface area contributed by atoms with Gasteiger partial charge in [0.05, 0.1) is 11.8 Å². The number of halogens is 1. The molecule has 0 radical (unpaired) electrons. The molecule has 0 aliphatic carbocycles. The highest BCUT2D eigenvalue weighted by atomic mass is 35.5. The summed E-state index contributed by atoms with van der Waals surface area (Å²) < 4.78 is 6.59. The van der Waals surface area contributed by atoms with Crippen LogP contribution in [0.2, 0.25) is 5.02 Å². The molecule has 6 nitrogen and oxygen atoms in total. The highest BCUT2D eigenvalue weighted by Gasteiger charge is 2.19. The van der Waals surface area contributed by atoms with Crippen molar-refractivity contribution < 1.29 is 9.53 Å². The van der Waals surface area contributed by atoms with E-state index in [4.69, 9.17) is 16.3 Å². The molecular formula is C17H20ClN3O3. The molecule has 24 heavy (non-hydrogen) atoms. The molecule has 0 bridgehead atoms. The number of aryl methyl sites for hydroxylation is 2. The van der Waals surface area contributed by atoms with Gasteiger partial charge in [-0.2, -0.15) is 5.10 Å². The fourth-order valence-electron chi connectivity index (χ4n) is 2.40. The molecule has 1 N–H and O–H groups in total. The Bertz CT molecular complexity index is 800. The van der Waals surface area contributed by atoms with Gasteiger partial charge in [0.1, 0.15) is 5.56 Å². The van der Waals surface area contributed by atoms with Crippen LogP contribution in [0.1, 0.15) is 33.3 Å². The number of aromatic nitrogens is 2. The van der Waals surface area contributed by atoms with E-state index in [1.165, 1.54) is 11.7 Å². The first-order chi connectivity index (χ1) is 11.3. The Morgan fingerprint density at radius 2 is 1.96 bits per heavy atom. The van der Waals surface area contributed by atoms with Gasteiger partial charge in [-0.1, -0.05) is 23.7 Å². The summed E-state index contributed by atoms with van der Waals surface area (Å²) >= 11 is 5.88. The van der Waals surface area contributed by atoms with Crippen molar-refractivity contribution in [2.75, 3.05) is 13.7 Å². The van der Waals surface area contributed by atoms with Crippen LogP contribution in [-0.4, -0.2) is 29.3 Å². The van der Waals surface area contributed by atoms with E-state index in [1.807, 2.05) is 12.1 Å². The molecule has 0 spiro atoms. The molecule has 1 amide bonds. The number of methoxy groups -OCH3 is 1. The van der Waals surface area contributed by atoms with E-state index in [0.717, 1.165) is 5.56 Å². The molecule has 1 atom stereocenters. The van der Waals surface area contributed by atoms with E-state index in [-0.39, 0.29) is 18.2 Å². The Hall–Kier alpha value is -2.18. The average molecular weight is 350 g/mol. The highest BCUT2D eigenvalue weighted by Crippen LogP contribution is 2.18. The third-order valence-corrected chi connectivity index (χ3v) is 4.18. The van der Waals surface area contributed by atoms with E-state index in [0.29, 0.717) is 16.3 Å². The topological polar surface area (TPSA) is 73.2 Å². The molecule has 0 fully saturated rings. The fourth-order valence-corrected chi connectivity index (χ4v) is 2.53. The van der Waals surface area contributed by atoms with Crippen LogP contribution in [0.25, 0.3) is 0 Å². The second-order valence-corrected chi connectivity index (χ2v) is 5.94. The van der Waals surface area contributed by atoms with E-state index >= 15 is 0 Å². The van der Waals surface area contributed by atoms with Gasteiger partial charge in [0, 0.05) is 25.7 Å². The molecular weight excluding hydrogens is 330 g/mol. The van der Waals surface area contributed by atoms with Gasteiger partial charge < -0.3 is 10.1 Å². The number of carbonyl (C=O) groups excluding carboxylic acids is 1. The van der Waals surface area contributed by atoms with Crippen LogP contribution in [0.5, 0.6) is 0 Å². The van der Waals surface area contributed by atoms with Gasteiger partial charge in [-0.15, -0.1) is 0 Å². The quantitative estimate of drug-likeness (QED) is 0.897. The number of benzene rings is 1. The summed E-state index contributed by atoms with van der Waals surface area (Å²) in [6.45, 7) is 3.71. The Balaban J connectivity index is 2.18. The second-order valence-electron chi connectivity index (χ2n) is 5.50. The number of rotatable bonds is 5. The predicted octanol–water partition coefficient (Wildman–Crippen LogP) is 2.17. The summed E-state index contributed by atoms with van der Waals surface area (Å²) in [6, 6.07) is 7.20. The Labute approximate surface area is 145 Å². The van der Waals surface area contributed by atoms with Gasteiger partial charge in [-0.3, -0.25) is 9.59 Å². The zero-order valence-corrected chi connectivity index (χ0v) is 14.8. The lowest BCUT2D eigenvalue weighted by atomic mass is 10.1. The molecule has 1 aromatic carbocycles. The maximum Gasteiger partial charge on any atom is 0.279 e. The van der Waals surface area contributed by atoms with Crippen molar-refractivity contribution >= 4 is 17.5 Å². The molecule has 1 heterocycles. The molecule has 0 saturated carbocycles. The third-order valence-electron chi connectivity index (χ3n) is 3.93. The van der Waals surface area contributed by atoms with Crippen LogP contribution in [0.3, 0.4) is 0 Å². The monoisotopic (exact) mass is 349 g/mol. The molecule has 128 valence electrons. The summed E-state index contributed by atoms with van der Waals surface area (Å²) in [5.74, 6) is -0.436. The average Bonchev–Trinajstić information content (AvgIpc) is 2.55. The van der Waals surface area contributed by atoms with Crippen LogP contribution in [-0.2, 0) is 11.8 Å². The van der Waals surface area contributed by atoms with Gasteiger partial charge in [0.2, 0.25) is 0 Å². The van der Waals surface area contributed by atoms with Crippen molar-refractivity contribution in [2.45, 2.75) is 20.0 Å². The van der Waals surface area contributed by atoms with Crippen molar-refractivity contribution in [3.8, 4) is 0 Å². The number of nitrogens with one attached hydrogen (secondary N) is 1. The van der Waals surface area contributed by atoms with E-state index < -0.39 is 11.5 Å². The molecule has 7 heteroatoms. The van der Waals surface area contributed by atoms with E-state index in [9.17, 15) is 9.59 Å². The van der Waals surface area contributed by atoms with Crippen molar-refractivity contribution in [1.29, 1.82) is 0 Å². The molecule has 2 aromatic rings. The summed E-state index contributed by atoms with van der Waals surface area (Å²) in [6.07, 6.45) is -0.335. The van der Waals surface area contributed by atoms with E-state index in [1.54, 1.807) is 33.1 Å². The summed E-state index contributed by atoms with van der Waals surface area (Å²) in [4.78, 5) is 24.7. The number of ether oxygens (including phenoxy) is 1. The first-order valence-electron chi connectivity index (χ1n) is 7.46. The van der Waals surface area contributed by atoms with Gasteiger partial charge >= 0.3 is 0 Å². The fraction of sp³-hybridized carbons (Fsp3) is 0.353. The number of hydrogen-bond donors (Lipinski definition) is 1. The van der Waals surface area contributed by atoms with Crippen LogP contribution < -0.4 is 10.9 Å². The van der Waals surface area contributed by atoms with Crippen molar-refractivity contribution in [1.82, 2.24) is 15.1 Å². The van der Waals surface area contributed by atoms with Gasteiger partial charge in [-0.25, -0.2) is 4.68 Å². The van der Waals surface area contributed by atoms with Crippen LogP contribution >= 0.6 is 11.6 Å².